The summed E-state index contributed by atoms with van der Waals surface area (Å²) in [7, 11) is -3.86. The zero-order valence-electron chi connectivity index (χ0n) is 14.6. The van der Waals surface area contributed by atoms with E-state index in [0.717, 1.165) is 5.39 Å². The molecule has 138 valence electrons. The minimum absolute atomic E-state index is 0.0900. The third kappa shape index (κ3) is 3.00. The lowest BCUT2D eigenvalue weighted by atomic mass is 10.2. The highest BCUT2D eigenvalue weighted by atomic mass is 35.5. The Hall–Kier alpha value is -2.71. The van der Waals surface area contributed by atoms with Gasteiger partial charge in [-0.3, -0.25) is 0 Å². The molecule has 0 bridgehead atoms. The third-order valence-electron chi connectivity index (χ3n) is 4.01. The molecule has 0 aliphatic carbocycles. The number of hydrogen-bond donors (Lipinski definition) is 1. The van der Waals surface area contributed by atoms with Crippen molar-refractivity contribution in [1.82, 2.24) is 19.8 Å². The largest absolute Gasteiger partial charge is 0.367 e. The van der Waals surface area contributed by atoms with Crippen LogP contribution < -0.4 is 5.32 Å². The number of anilines is 1. The summed E-state index contributed by atoms with van der Waals surface area (Å²) in [5.74, 6) is 0.529. The monoisotopic (exact) mass is 401 g/mol. The summed E-state index contributed by atoms with van der Waals surface area (Å²) in [6.45, 7) is 3.94. The number of benzene rings is 2. The molecule has 0 amide bonds. The van der Waals surface area contributed by atoms with Crippen LogP contribution in [0.3, 0.4) is 0 Å². The number of fused-ring (bicyclic) bond motifs is 3. The minimum Gasteiger partial charge on any atom is -0.367 e. The Morgan fingerprint density at radius 2 is 1.85 bits per heavy atom. The first-order valence-electron chi connectivity index (χ1n) is 8.29. The predicted octanol–water partition coefficient (Wildman–Crippen LogP) is 3.58. The first-order valence-corrected chi connectivity index (χ1v) is 10.2. The van der Waals surface area contributed by atoms with Crippen molar-refractivity contribution >= 4 is 43.8 Å². The quantitative estimate of drug-likeness (QED) is 0.562. The Kier molecular flexibility index (Phi) is 4.24. The molecule has 0 radical (unpaired) electrons. The fourth-order valence-electron chi connectivity index (χ4n) is 2.84. The minimum atomic E-state index is -3.86. The lowest BCUT2D eigenvalue weighted by Crippen LogP contribution is -2.13. The maximum absolute atomic E-state index is 13.0. The van der Waals surface area contributed by atoms with Crippen molar-refractivity contribution in [2.75, 3.05) is 5.32 Å². The van der Waals surface area contributed by atoms with Gasteiger partial charge in [0.1, 0.15) is 5.82 Å². The summed E-state index contributed by atoms with van der Waals surface area (Å²) in [6.07, 6.45) is 0. The van der Waals surface area contributed by atoms with Gasteiger partial charge in [0, 0.05) is 16.5 Å². The van der Waals surface area contributed by atoms with E-state index in [9.17, 15) is 8.42 Å². The van der Waals surface area contributed by atoms with E-state index in [1.165, 1.54) is 16.6 Å². The van der Waals surface area contributed by atoms with Crippen molar-refractivity contribution in [1.29, 1.82) is 0 Å². The van der Waals surface area contributed by atoms with Crippen molar-refractivity contribution in [3.8, 4) is 0 Å². The van der Waals surface area contributed by atoms with Crippen LogP contribution >= 0.6 is 11.6 Å². The summed E-state index contributed by atoms with van der Waals surface area (Å²) in [5, 5.41) is 12.3. The van der Waals surface area contributed by atoms with Gasteiger partial charge < -0.3 is 5.32 Å². The maximum atomic E-state index is 13.0. The first-order chi connectivity index (χ1) is 12.9. The lowest BCUT2D eigenvalue weighted by molar-refractivity contribution is 0.592. The molecule has 2 aromatic heterocycles. The molecule has 0 unspecified atom stereocenters. The Labute approximate surface area is 160 Å². The van der Waals surface area contributed by atoms with E-state index in [2.05, 4.69) is 20.6 Å². The molecule has 0 aliphatic heterocycles. The van der Waals surface area contributed by atoms with Crippen LogP contribution in [0.2, 0.25) is 5.02 Å². The molecule has 0 fully saturated rings. The number of aromatic nitrogens is 4. The number of nitrogens with one attached hydrogen (secondary N) is 1. The van der Waals surface area contributed by atoms with Crippen LogP contribution in [0.4, 0.5) is 5.82 Å². The highest BCUT2D eigenvalue weighted by Crippen LogP contribution is 2.29. The number of nitrogens with zero attached hydrogens (tertiary/aromatic N) is 4. The Balaban J connectivity index is 2.04. The molecule has 27 heavy (non-hydrogen) atoms. The molecule has 4 rings (SSSR count). The molecule has 0 spiro atoms. The summed E-state index contributed by atoms with van der Waals surface area (Å²) in [4.78, 5) is 4.67. The second kappa shape index (κ2) is 6.47. The highest BCUT2D eigenvalue weighted by molar-refractivity contribution is 7.91. The lowest BCUT2D eigenvalue weighted by Gasteiger charge is -2.13. The standard InChI is InChI=1S/C18H16ClN5O2S/c1-11(2)20-16-14-10-12(19)8-9-15(14)24-17(21-16)18(22-23-24)27(25,26)13-6-4-3-5-7-13/h3-11H,1-2H3,(H,20,21). The van der Waals surface area contributed by atoms with Gasteiger partial charge in [-0.1, -0.05) is 35.0 Å². The fraction of sp³-hybridized carbons (Fsp3) is 0.167. The van der Waals surface area contributed by atoms with Crippen molar-refractivity contribution in [2.45, 2.75) is 29.8 Å². The van der Waals surface area contributed by atoms with E-state index < -0.39 is 9.84 Å². The van der Waals surface area contributed by atoms with Crippen LogP contribution in [0.25, 0.3) is 16.6 Å². The Bertz CT molecular complexity index is 1250. The van der Waals surface area contributed by atoms with E-state index >= 15 is 0 Å². The molecule has 0 saturated heterocycles. The fourth-order valence-corrected chi connectivity index (χ4v) is 4.27. The molecule has 2 heterocycles. The molecule has 0 atom stereocenters. The summed E-state index contributed by atoms with van der Waals surface area (Å²) < 4.78 is 27.5. The number of sulfone groups is 1. The molecular formula is C18H16ClN5O2S. The van der Waals surface area contributed by atoms with E-state index in [1.54, 1.807) is 36.4 Å². The molecular weight excluding hydrogens is 386 g/mol. The Morgan fingerprint density at radius 1 is 1.11 bits per heavy atom. The normalized spacial score (nSPS) is 12.1. The second-order valence-electron chi connectivity index (χ2n) is 6.37. The van der Waals surface area contributed by atoms with Crippen molar-refractivity contribution in [3.05, 3.63) is 53.6 Å². The molecule has 0 saturated carbocycles. The second-order valence-corrected chi connectivity index (χ2v) is 8.67. The SMILES string of the molecule is CC(C)Nc1nc2c(S(=O)(=O)c3ccccc3)nnn2c2ccc(Cl)cc12. The highest BCUT2D eigenvalue weighted by Gasteiger charge is 2.27. The molecule has 7 nitrogen and oxygen atoms in total. The zero-order valence-corrected chi connectivity index (χ0v) is 16.2. The Morgan fingerprint density at radius 3 is 2.56 bits per heavy atom. The topological polar surface area (TPSA) is 89.2 Å². The van der Waals surface area contributed by atoms with Gasteiger partial charge in [-0.2, -0.15) is 4.52 Å². The smallest absolute Gasteiger partial charge is 0.229 e. The molecule has 0 aliphatic rings. The summed E-state index contributed by atoms with van der Waals surface area (Å²) in [5.41, 5.74) is 0.825. The van der Waals surface area contributed by atoms with E-state index in [4.69, 9.17) is 11.6 Å². The van der Waals surface area contributed by atoms with Crippen molar-refractivity contribution in [3.63, 3.8) is 0 Å². The molecule has 4 aromatic rings. The molecule has 2 aromatic carbocycles. The van der Waals surface area contributed by atoms with E-state index in [0.29, 0.717) is 16.4 Å². The van der Waals surface area contributed by atoms with Gasteiger partial charge in [-0.15, -0.1) is 5.10 Å². The summed E-state index contributed by atoms with van der Waals surface area (Å²) >= 11 is 6.14. The number of hydrogen-bond acceptors (Lipinski definition) is 6. The van der Waals surface area contributed by atoms with Gasteiger partial charge in [0.25, 0.3) is 0 Å². The summed E-state index contributed by atoms with van der Waals surface area (Å²) in [6, 6.07) is 13.5. The number of rotatable bonds is 4. The third-order valence-corrected chi connectivity index (χ3v) is 5.91. The molecule has 1 N–H and O–H groups in total. The van der Waals surface area contributed by atoms with Crippen LogP contribution in [0.15, 0.2) is 58.5 Å². The van der Waals surface area contributed by atoms with E-state index in [-0.39, 0.29) is 21.6 Å². The van der Waals surface area contributed by atoms with Crippen LogP contribution in [0.1, 0.15) is 13.8 Å². The van der Waals surface area contributed by atoms with Crippen LogP contribution in [0, 0.1) is 0 Å². The van der Waals surface area contributed by atoms with E-state index in [1.807, 2.05) is 13.8 Å². The average Bonchev–Trinajstić information content (AvgIpc) is 3.06. The number of halogens is 1. The van der Waals surface area contributed by atoms with Gasteiger partial charge in [0.2, 0.25) is 14.9 Å². The van der Waals surface area contributed by atoms with Crippen LogP contribution in [-0.4, -0.2) is 34.3 Å². The molecule has 9 heteroatoms. The average molecular weight is 402 g/mol. The zero-order chi connectivity index (χ0) is 19.2. The van der Waals surface area contributed by atoms with Gasteiger partial charge in [-0.05, 0) is 44.2 Å². The van der Waals surface area contributed by atoms with Crippen molar-refractivity contribution < 1.29 is 8.42 Å². The first kappa shape index (κ1) is 17.7. The van der Waals surface area contributed by atoms with Crippen LogP contribution in [-0.2, 0) is 9.84 Å². The predicted molar refractivity (Wildman–Crippen MR) is 104 cm³/mol. The van der Waals surface area contributed by atoms with Crippen molar-refractivity contribution in [2.24, 2.45) is 0 Å². The van der Waals surface area contributed by atoms with Gasteiger partial charge in [0.15, 0.2) is 5.65 Å². The van der Waals surface area contributed by atoms with Crippen LogP contribution in [0.5, 0.6) is 0 Å². The van der Waals surface area contributed by atoms with Gasteiger partial charge in [0.05, 0.1) is 10.4 Å². The van der Waals surface area contributed by atoms with Gasteiger partial charge in [-0.25, -0.2) is 13.4 Å². The van der Waals surface area contributed by atoms with Gasteiger partial charge >= 0.3 is 0 Å². The maximum Gasteiger partial charge on any atom is 0.229 e.